The second kappa shape index (κ2) is 8.76. The van der Waals surface area contributed by atoms with E-state index >= 15 is 0 Å². The maximum absolute atomic E-state index is 10.6. The van der Waals surface area contributed by atoms with E-state index < -0.39 is 47.7 Å². The van der Waals surface area contributed by atoms with Crippen LogP contribution >= 0.6 is 0 Å². The average molecular weight is 322 g/mol. The van der Waals surface area contributed by atoms with Crippen molar-refractivity contribution < 1.29 is 71.5 Å². The molecule has 1 aliphatic heterocycles. The molecule has 0 aromatic heterocycles. The number of hydrogen-bond acceptors (Lipinski definition) is 9. The van der Waals surface area contributed by atoms with E-state index in [1.165, 1.54) is 6.08 Å². The molecule has 0 aromatic rings. The van der Waals surface area contributed by atoms with E-state index in [1.54, 1.807) is 0 Å². The summed E-state index contributed by atoms with van der Waals surface area (Å²) in [5, 5.41) is 28.2. The standard InChI is InChI=1S/C9H16O9S.Na/c1-2-3-16-9-8(18-19(13,14)15)7(12)6(11)5(4-10)17-9;/h2,5-12H,1,3-4H2,(H,13,14,15);/q;+1/p-1/t5-,6-,7+,8-,9?;/m1./s1. The van der Waals surface area contributed by atoms with Crippen LogP contribution < -0.4 is 29.6 Å². The van der Waals surface area contributed by atoms with Gasteiger partial charge in [-0.2, -0.15) is 0 Å². The van der Waals surface area contributed by atoms with Crippen molar-refractivity contribution in [2.45, 2.75) is 30.7 Å². The van der Waals surface area contributed by atoms with Gasteiger partial charge in [0.15, 0.2) is 12.4 Å². The molecule has 11 heteroatoms. The number of hydrogen-bond donors (Lipinski definition) is 3. The fourth-order valence-corrected chi connectivity index (χ4v) is 2.07. The predicted molar refractivity (Wildman–Crippen MR) is 58.5 cm³/mol. The van der Waals surface area contributed by atoms with Crippen LogP contribution in [0.15, 0.2) is 12.7 Å². The fourth-order valence-electron chi connectivity index (χ4n) is 1.59. The molecule has 0 bridgehead atoms. The molecule has 1 aliphatic rings. The van der Waals surface area contributed by atoms with E-state index in [1.807, 2.05) is 0 Å². The molecule has 0 aromatic carbocycles. The first-order valence-corrected chi connectivity index (χ1v) is 6.62. The Morgan fingerprint density at radius 3 is 2.40 bits per heavy atom. The summed E-state index contributed by atoms with van der Waals surface area (Å²) < 4.78 is 45.8. The molecule has 1 heterocycles. The zero-order valence-corrected chi connectivity index (χ0v) is 13.6. The minimum absolute atomic E-state index is 0. The number of aliphatic hydroxyl groups is 3. The zero-order valence-electron chi connectivity index (χ0n) is 10.8. The second-order valence-corrected chi connectivity index (χ2v) is 4.81. The van der Waals surface area contributed by atoms with E-state index in [0.717, 1.165) is 0 Å². The second-order valence-electron chi connectivity index (χ2n) is 3.80. The van der Waals surface area contributed by atoms with Gasteiger partial charge in [0.2, 0.25) is 10.4 Å². The molecule has 3 N–H and O–H groups in total. The van der Waals surface area contributed by atoms with Crippen LogP contribution in [0.25, 0.3) is 0 Å². The van der Waals surface area contributed by atoms with Crippen LogP contribution in [0.1, 0.15) is 0 Å². The minimum Gasteiger partial charge on any atom is -0.726 e. The van der Waals surface area contributed by atoms with Crippen molar-refractivity contribution in [3.05, 3.63) is 12.7 Å². The summed E-state index contributed by atoms with van der Waals surface area (Å²) in [7, 11) is -5.13. The Morgan fingerprint density at radius 1 is 1.35 bits per heavy atom. The van der Waals surface area contributed by atoms with Gasteiger partial charge in [0.25, 0.3) is 0 Å². The average Bonchev–Trinajstić information content (AvgIpc) is 2.33. The van der Waals surface area contributed by atoms with Crippen molar-refractivity contribution in [1.29, 1.82) is 0 Å². The first-order valence-electron chi connectivity index (χ1n) is 5.29. The molecule has 1 saturated heterocycles. The summed E-state index contributed by atoms with van der Waals surface area (Å²) in [6.45, 7) is 2.64. The van der Waals surface area contributed by atoms with Crippen LogP contribution in [0.2, 0.25) is 0 Å². The summed E-state index contributed by atoms with van der Waals surface area (Å²) in [4.78, 5) is 0. The third-order valence-electron chi connectivity index (χ3n) is 2.43. The quantitative estimate of drug-likeness (QED) is 0.189. The van der Waals surface area contributed by atoms with Crippen LogP contribution in [0.5, 0.6) is 0 Å². The van der Waals surface area contributed by atoms with Gasteiger partial charge in [-0.05, 0) is 0 Å². The zero-order chi connectivity index (χ0) is 14.6. The topological polar surface area (TPSA) is 146 Å². The minimum atomic E-state index is -5.13. The smallest absolute Gasteiger partial charge is 0.726 e. The van der Waals surface area contributed by atoms with Crippen LogP contribution in [-0.4, -0.2) is 72.2 Å². The van der Waals surface area contributed by atoms with Gasteiger partial charge in [-0.15, -0.1) is 6.58 Å². The van der Waals surface area contributed by atoms with Crippen LogP contribution in [0.3, 0.4) is 0 Å². The van der Waals surface area contributed by atoms with Gasteiger partial charge in [-0.25, -0.2) is 8.42 Å². The maximum Gasteiger partial charge on any atom is 1.00 e. The molecular formula is C9H15NaO9S. The van der Waals surface area contributed by atoms with Gasteiger partial charge < -0.3 is 29.3 Å². The molecule has 9 nitrogen and oxygen atoms in total. The van der Waals surface area contributed by atoms with Crippen molar-refractivity contribution in [1.82, 2.24) is 0 Å². The van der Waals surface area contributed by atoms with Crippen LogP contribution in [0.4, 0.5) is 0 Å². The van der Waals surface area contributed by atoms with Crippen molar-refractivity contribution in [2.75, 3.05) is 13.2 Å². The van der Waals surface area contributed by atoms with Crippen molar-refractivity contribution >= 4 is 10.4 Å². The Morgan fingerprint density at radius 2 is 1.95 bits per heavy atom. The molecule has 1 fully saturated rings. The van der Waals surface area contributed by atoms with E-state index in [9.17, 15) is 23.2 Å². The monoisotopic (exact) mass is 322 g/mol. The number of aliphatic hydroxyl groups excluding tert-OH is 3. The molecule has 0 saturated carbocycles. The molecular weight excluding hydrogens is 307 g/mol. The maximum atomic E-state index is 10.6. The Balaban J connectivity index is 0.00000361. The third kappa shape index (κ3) is 5.66. The van der Waals surface area contributed by atoms with Gasteiger partial charge in [-0.3, -0.25) is 4.18 Å². The largest absolute Gasteiger partial charge is 1.00 e. The molecule has 0 spiro atoms. The van der Waals surface area contributed by atoms with E-state index in [0.29, 0.717) is 0 Å². The van der Waals surface area contributed by atoms with Gasteiger partial charge in [0, 0.05) is 0 Å². The number of ether oxygens (including phenoxy) is 2. The molecule has 0 amide bonds. The molecule has 112 valence electrons. The summed E-state index contributed by atoms with van der Waals surface area (Å²) in [6.07, 6.45) is -6.46. The molecule has 1 rings (SSSR count). The molecule has 20 heavy (non-hydrogen) atoms. The van der Waals surface area contributed by atoms with E-state index in [4.69, 9.17) is 14.6 Å². The Kier molecular flexibility index (Phi) is 8.94. The molecule has 5 atom stereocenters. The van der Waals surface area contributed by atoms with Crippen LogP contribution in [-0.2, 0) is 24.1 Å². The van der Waals surface area contributed by atoms with Gasteiger partial charge in [-0.1, -0.05) is 6.08 Å². The van der Waals surface area contributed by atoms with Gasteiger partial charge in [0.05, 0.1) is 13.2 Å². The Labute approximate surface area is 138 Å². The summed E-state index contributed by atoms with van der Waals surface area (Å²) in [5.41, 5.74) is 0. The number of rotatable bonds is 6. The normalized spacial score (nSPS) is 34.3. The summed E-state index contributed by atoms with van der Waals surface area (Å²) >= 11 is 0. The Hall–Kier alpha value is 0.410. The fraction of sp³-hybridized carbons (Fsp3) is 0.778. The first-order chi connectivity index (χ1) is 8.80. The third-order valence-corrected chi connectivity index (χ3v) is 2.89. The van der Waals surface area contributed by atoms with Crippen LogP contribution in [0, 0.1) is 0 Å². The first kappa shape index (κ1) is 20.4. The predicted octanol–water partition coefficient (Wildman–Crippen LogP) is -5.52. The van der Waals surface area contributed by atoms with Crippen molar-refractivity contribution in [3.63, 3.8) is 0 Å². The van der Waals surface area contributed by atoms with Gasteiger partial charge >= 0.3 is 29.6 Å². The Bertz CT molecular complexity index is 400. The molecule has 0 radical (unpaired) electrons. The van der Waals surface area contributed by atoms with Gasteiger partial charge in [0.1, 0.15) is 18.3 Å². The molecule has 0 aliphatic carbocycles. The molecule has 1 unspecified atom stereocenters. The van der Waals surface area contributed by atoms with E-state index in [-0.39, 0.29) is 36.2 Å². The summed E-state index contributed by atoms with van der Waals surface area (Å²) in [5.74, 6) is 0. The van der Waals surface area contributed by atoms with Crippen molar-refractivity contribution in [2.24, 2.45) is 0 Å². The van der Waals surface area contributed by atoms with Crippen molar-refractivity contribution in [3.8, 4) is 0 Å². The van der Waals surface area contributed by atoms with E-state index in [2.05, 4.69) is 10.8 Å². The SMILES string of the molecule is C=CCOC1O[C@H](CO)[C@@H](O)[C@H](O)[C@H]1OS(=O)(=O)[O-].[Na+]. The summed E-state index contributed by atoms with van der Waals surface area (Å²) in [6, 6.07) is 0.